The molecule has 0 radical (unpaired) electrons. The van der Waals surface area contributed by atoms with Crippen LogP contribution in [0.4, 0.5) is 5.69 Å². The van der Waals surface area contributed by atoms with Gasteiger partial charge in [0.05, 0.1) is 24.3 Å². The maximum atomic E-state index is 11.9. The zero-order valence-electron chi connectivity index (χ0n) is 10.5. The summed E-state index contributed by atoms with van der Waals surface area (Å²) in [5, 5.41) is 2.66. The molecule has 6 heteroatoms. The molecular formula is C13H13Cl2NO3. The van der Waals surface area contributed by atoms with Crippen LogP contribution >= 0.6 is 23.2 Å². The number of anilines is 1. The fourth-order valence-corrected chi connectivity index (χ4v) is 2.27. The number of carbonyl (C=O) groups is 2. The Morgan fingerprint density at radius 2 is 2.05 bits per heavy atom. The van der Waals surface area contributed by atoms with E-state index in [2.05, 4.69) is 10.1 Å². The Morgan fingerprint density at radius 3 is 2.58 bits per heavy atom. The van der Waals surface area contributed by atoms with Crippen molar-refractivity contribution in [2.75, 3.05) is 12.4 Å². The summed E-state index contributed by atoms with van der Waals surface area (Å²) >= 11 is 11.7. The highest BCUT2D eigenvalue weighted by Gasteiger charge is 2.56. The normalized spacial score (nSPS) is 19.7. The van der Waals surface area contributed by atoms with Gasteiger partial charge in [0.25, 0.3) is 0 Å². The maximum Gasteiger partial charge on any atom is 0.339 e. The minimum atomic E-state index is -0.986. The SMILES string of the molecule is COC(=O)c1cc(C)ccc1NC(=O)C1CC1(Cl)Cl. The summed E-state index contributed by atoms with van der Waals surface area (Å²) in [6, 6.07) is 5.11. The standard InChI is InChI=1S/C13H13Cl2NO3/c1-7-3-4-10(8(5-7)12(18)19-2)16-11(17)9-6-13(9,14)15/h3-5,9H,6H2,1-2H3,(H,16,17). The molecule has 19 heavy (non-hydrogen) atoms. The van der Waals surface area contributed by atoms with Crippen molar-refractivity contribution in [1.82, 2.24) is 0 Å². The molecule has 1 amide bonds. The molecular weight excluding hydrogens is 289 g/mol. The van der Waals surface area contributed by atoms with E-state index in [0.29, 0.717) is 17.7 Å². The number of aryl methyl sites for hydroxylation is 1. The average Bonchev–Trinajstić information content (AvgIpc) is 3.00. The summed E-state index contributed by atoms with van der Waals surface area (Å²) < 4.78 is 3.70. The minimum absolute atomic E-state index is 0.293. The van der Waals surface area contributed by atoms with Gasteiger partial charge in [0, 0.05) is 0 Å². The first-order chi connectivity index (χ1) is 8.85. The lowest BCUT2D eigenvalue weighted by Crippen LogP contribution is -2.19. The quantitative estimate of drug-likeness (QED) is 0.690. The minimum Gasteiger partial charge on any atom is -0.465 e. The van der Waals surface area contributed by atoms with Crippen LogP contribution in [0.3, 0.4) is 0 Å². The zero-order chi connectivity index (χ0) is 14.2. The fourth-order valence-electron chi connectivity index (χ4n) is 1.76. The first-order valence-electron chi connectivity index (χ1n) is 5.73. The molecule has 4 nitrogen and oxygen atoms in total. The van der Waals surface area contributed by atoms with E-state index >= 15 is 0 Å². The van der Waals surface area contributed by atoms with E-state index < -0.39 is 16.2 Å². The number of benzene rings is 1. The van der Waals surface area contributed by atoms with Gasteiger partial charge in [-0.2, -0.15) is 0 Å². The number of esters is 1. The molecule has 1 aliphatic carbocycles. The highest BCUT2D eigenvalue weighted by atomic mass is 35.5. The highest BCUT2D eigenvalue weighted by molar-refractivity contribution is 6.52. The van der Waals surface area contributed by atoms with E-state index in [1.807, 2.05) is 6.92 Å². The monoisotopic (exact) mass is 301 g/mol. The number of methoxy groups -OCH3 is 1. The van der Waals surface area contributed by atoms with E-state index in [1.54, 1.807) is 18.2 Å². The lowest BCUT2D eigenvalue weighted by molar-refractivity contribution is -0.117. The van der Waals surface area contributed by atoms with Crippen molar-refractivity contribution < 1.29 is 14.3 Å². The van der Waals surface area contributed by atoms with Crippen LogP contribution in [-0.4, -0.2) is 23.3 Å². The summed E-state index contributed by atoms with van der Waals surface area (Å²) in [6.07, 6.45) is 0.418. The number of nitrogens with one attached hydrogen (secondary N) is 1. The predicted octanol–water partition coefficient (Wildman–Crippen LogP) is 2.91. The smallest absolute Gasteiger partial charge is 0.339 e. The van der Waals surface area contributed by atoms with Gasteiger partial charge in [-0.3, -0.25) is 4.79 Å². The Morgan fingerprint density at radius 1 is 1.42 bits per heavy atom. The van der Waals surface area contributed by atoms with Crippen molar-refractivity contribution in [1.29, 1.82) is 0 Å². The molecule has 1 aliphatic rings. The van der Waals surface area contributed by atoms with E-state index in [9.17, 15) is 9.59 Å². The highest BCUT2D eigenvalue weighted by Crippen LogP contribution is 2.53. The molecule has 0 spiro atoms. The topological polar surface area (TPSA) is 55.4 Å². The maximum absolute atomic E-state index is 11.9. The Balaban J connectivity index is 2.20. The fraction of sp³-hybridized carbons (Fsp3) is 0.385. The molecule has 0 aromatic heterocycles. The molecule has 0 aliphatic heterocycles. The van der Waals surface area contributed by atoms with Crippen LogP contribution < -0.4 is 5.32 Å². The van der Waals surface area contributed by atoms with E-state index in [1.165, 1.54) is 7.11 Å². The van der Waals surface area contributed by atoms with Crippen LogP contribution in [0.25, 0.3) is 0 Å². The third kappa shape index (κ3) is 3.01. The van der Waals surface area contributed by atoms with Crippen LogP contribution in [0.2, 0.25) is 0 Å². The van der Waals surface area contributed by atoms with Crippen LogP contribution in [-0.2, 0) is 9.53 Å². The molecule has 0 bridgehead atoms. The summed E-state index contributed by atoms with van der Waals surface area (Å²) in [6.45, 7) is 1.85. The van der Waals surface area contributed by atoms with Crippen LogP contribution in [0.1, 0.15) is 22.3 Å². The number of ether oxygens (including phenoxy) is 1. The molecule has 1 fully saturated rings. The second-order valence-electron chi connectivity index (χ2n) is 4.55. The Labute approximate surface area is 121 Å². The number of alkyl halides is 2. The van der Waals surface area contributed by atoms with Gasteiger partial charge in [-0.1, -0.05) is 11.6 Å². The number of rotatable bonds is 3. The van der Waals surface area contributed by atoms with E-state index in [-0.39, 0.29) is 5.91 Å². The van der Waals surface area contributed by atoms with E-state index in [0.717, 1.165) is 5.56 Å². The first kappa shape index (κ1) is 14.2. The number of halogens is 2. The van der Waals surface area contributed by atoms with Crippen molar-refractivity contribution in [2.24, 2.45) is 5.92 Å². The second-order valence-corrected chi connectivity index (χ2v) is 6.09. The molecule has 1 unspecified atom stereocenters. The van der Waals surface area contributed by atoms with Gasteiger partial charge in [0.2, 0.25) is 5.91 Å². The van der Waals surface area contributed by atoms with Gasteiger partial charge in [-0.05, 0) is 25.5 Å². The number of hydrogen-bond donors (Lipinski definition) is 1. The molecule has 0 saturated heterocycles. The second kappa shape index (κ2) is 5.02. The lowest BCUT2D eigenvalue weighted by atomic mass is 10.1. The molecule has 2 rings (SSSR count). The van der Waals surface area contributed by atoms with Crippen LogP contribution in [0, 0.1) is 12.8 Å². The molecule has 0 heterocycles. The summed E-state index contributed by atoms with van der Waals surface area (Å²) in [4.78, 5) is 23.6. The van der Waals surface area contributed by atoms with Gasteiger partial charge in [-0.15, -0.1) is 23.2 Å². The third-order valence-electron chi connectivity index (χ3n) is 2.98. The largest absolute Gasteiger partial charge is 0.465 e. The zero-order valence-corrected chi connectivity index (χ0v) is 12.0. The molecule has 1 N–H and O–H groups in total. The summed E-state index contributed by atoms with van der Waals surface area (Å²) in [5.74, 6) is -1.24. The van der Waals surface area contributed by atoms with Crippen molar-refractivity contribution in [3.05, 3.63) is 29.3 Å². The van der Waals surface area contributed by atoms with Crippen molar-refractivity contribution >= 4 is 40.8 Å². The molecule has 1 aromatic rings. The first-order valence-corrected chi connectivity index (χ1v) is 6.48. The van der Waals surface area contributed by atoms with Crippen LogP contribution in [0.15, 0.2) is 18.2 Å². The van der Waals surface area contributed by atoms with E-state index in [4.69, 9.17) is 23.2 Å². The van der Waals surface area contributed by atoms with Crippen LogP contribution in [0.5, 0.6) is 0 Å². The molecule has 1 atom stereocenters. The summed E-state index contributed by atoms with van der Waals surface area (Å²) in [5.41, 5.74) is 1.61. The lowest BCUT2D eigenvalue weighted by Gasteiger charge is -2.10. The number of hydrogen-bond acceptors (Lipinski definition) is 3. The van der Waals surface area contributed by atoms with Crippen molar-refractivity contribution in [2.45, 2.75) is 17.7 Å². The number of carbonyl (C=O) groups excluding carboxylic acids is 2. The molecule has 1 saturated carbocycles. The Bertz CT molecular complexity index is 543. The molecule has 102 valence electrons. The van der Waals surface area contributed by atoms with Gasteiger partial charge in [0.15, 0.2) is 0 Å². The van der Waals surface area contributed by atoms with Gasteiger partial charge in [-0.25, -0.2) is 4.79 Å². The third-order valence-corrected chi connectivity index (χ3v) is 3.82. The average molecular weight is 302 g/mol. The van der Waals surface area contributed by atoms with Crippen molar-refractivity contribution in [3.63, 3.8) is 0 Å². The summed E-state index contributed by atoms with van der Waals surface area (Å²) in [7, 11) is 1.29. The number of amides is 1. The van der Waals surface area contributed by atoms with Gasteiger partial charge in [0.1, 0.15) is 4.33 Å². The Hall–Kier alpha value is -1.26. The Kier molecular flexibility index (Phi) is 3.74. The van der Waals surface area contributed by atoms with Crippen molar-refractivity contribution in [3.8, 4) is 0 Å². The van der Waals surface area contributed by atoms with Gasteiger partial charge < -0.3 is 10.1 Å². The predicted molar refractivity (Wildman–Crippen MR) is 73.7 cm³/mol. The van der Waals surface area contributed by atoms with Gasteiger partial charge >= 0.3 is 5.97 Å². The molecule has 1 aromatic carbocycles.